The van der Waals surface area contributed by atoms with Crippen LogP contribution < -0.4 is 35.8 Å². The molecule has 3 fully saturated rings. The van der Waals surface area contributed by atoms with E-state index in [9.17, 15) is 24.3 Å². The largest absolute Gasteiger partial charge is 0.481 e. The number of likely N-dealkylation sites (tertiary alicyclic amines) is 1. The molecular formula is C50H65N11O6S. The molecule has 362 valence electrons. The minimum absolute atomic E-state index is 0.00587. The van der Waals surface area contributed by atoms with Crippen molar-refractivity contribution in [3.05, 3.63) is 70.9 Å². The number of terminal acetylenes is 1. The number of ether oxygens (including phenoxy) is 1. The molecule has 3 aliphatic rings. The molecule has 0 unspecified atom stereocenters. The third kappa shape index (κ3) is 13.7. The number of aliphatic hydroxyl groups is 1. The number of hydrogen-bond donors (Lipinski definition) is 5. The summed E-state index contributed by atoms with van der Waals surface area (Å²) in [4.78, 5) is 79.2. The van der Waals surface area contributed by atoms with Crippen LogP contribution in [-0.4, -0.2) is 118 Å². The Morgan fingerprint density at radius 2 is 1.75 bits per heavy atom. The predicted octanol–water partition coefficient (Wildman–Crippen LogP) is 4.84. The van der Waals surface area contributed by atoms with E-state index in [1.54, 1.807) is 11.3 Å². The fourth-order valence-corrected chi connectivity index (χ4v) is 9.28. The van der Waals surface area contributed by atoms with Crippen molar-refractivity contribution in [2.45, 2.75) is 116 Å². The molecular weight excluding hydrogens is 883 g/mol. The van der Waals surface area contributed by atoms with Crippen LogP contribution >= 0.6 is 11.3 Å². The molecule has 5 N–H and O–H groups in total. The highest BCUT2D eigenvalue weighted by atomic mass is 32.1. The van der Waals surface area contributed by atoms with E-state index in [2.05, 4.69) is 37.1 Å². The second-order valence-corrected chi connectivity index (χ2v) is 20.0. The van der Waals surface area contributed by atoms with Crippen LogP contribution in [0.2, 0.25) is 0 Å². The average molecular weight is 948 g/mol. The first kappa shape index (κ1) is 49.6. The summed E-state index contributed by atoms with van der Waals surface area (Å²) in [6.07, 6.45) is 9.47. The second kappa shape index (κ2) is 22.7. The molecule has 0 spiro atoms. The Labute approximate surface area is 403 Å². The van der Waals surface area contributed by atoms with Crippen LogP contribution in [0.25, 0.3) is 10.4 Å². The van der Waals surface area contributed by atoms with Crippen molar-refractivity contribution < 1.29 is 29.0 Å². The van der Waals surface area contributed by atoms with Gasteiger partial charge in [0.25, 0.3) is 0 Å². The summed E-state index contributed by atoms with van der Waals surface area (Å²) in [5, 5.41) is 23.0. The number of anilines is 3. The molecule has 1 aliphatic carbocycles. The maximum absolute atomic E-state index is 14.2. The van der Waals surface area contributed by atoms with Crippen molar-refractivity contribution in [3.8, 4) is 28.5 Å². The Hall–Kier alpha value is -6.32. The molecule has 3 atom stereocenters. The van der Waals surface area contributed by atoms with Gasteiger partial charge in [0.05, 0.1) is 22.2 Å². The van der Waals surface area contributed by atoms with Crippen LogP contribution in [0.5, 0.6) is 5.75 Å². The fourth-order valence-electron chi connectivity index (χ4n) is 8.46. The van der Waals surface area contributed by atoms with Crippen LogP contribution in [0.1, 0.15) is 89.0 Å². The fraction of sp³-hybridized carbons (Fsp3) is 0.520. The van der Waals surface area contributed by atoms with Gasteiger partial charge in [-0.3, -0.25) is 19.2 Å². The number of aryl methyl sites for hydroxylation is 1. The van der Waals surface area contributed by atoms with Crippen LogP contribution in [0, 0.1) is 30.6 Å². The van der Waals surface area contributed by atoms with Crippen LogP contribution in [0.4, 0.5) is 17.8 Å². The molecule has 2 saturated heterocycles. The number of carbonyl (C=O) groups excluding carboxylic acids is 4. The van der Waals surface area contributed by atoms with Crippen molar-refractivity contribution in [1.29, 1.82) is 0 Å². The predicted molar refractivity (Wildman–Crippen MR) is 263 cm³/mol. The van der Waals surface area contributed by atoms with Crippen LogP contribution in [0.15, 0.2) is 54.0 Å². The summed E-state index contributed by atoms with van der Waals surface area (Å²) in [7, 11) is 1.87. The maximum atomic E-state index is 14.2. The van der Waals surface area contributed by atoms with Gasteiger partial charge >= 0.3 is 0 Å². The first-order valence-electron chi connectivity index (χ1n) is 23.6. The summed E-state index contributed by atoms with van der Waals surface area (Å²) in [5.74, 6) is 3.81. The zero-order chi connectivity index (χ0) is 48.4. The molecule has 4 heterocycles. The zero-order valence-corrected chi connectivity index (χ0v) is 40.6. The highest BCUT2D eigenvalue weighted by molar-refractivity contribution is 7.13. The minimum atomic E-state index is -0.905. The second-order valence-electron chi connectivity index (χ2n) is 19.2. The number of hydrogen-bond acceptors (Lipinski definition) is 14. The van der Waals surface area contributed by atoms with E-state index >= 15 is 0 Å². The molecule has 1 saturated carbocycles. The van der Waals surface area contributed by atoms with Crippen molar-refractivity contribution in [1.82, 2.24) is 40.8 Å². The number of carbonyl (C=O) groups is 4. The third-order valence-electron chi connectivity index (χ3n) is 12.6. The van der Waals surface area contributed by atoms with E-state index < -0.39 is 23.6 Å². The van der Waals surface area contributed by atoms with Gasteiger partial charge in [-0.1, -0.05) is 63.1 Å². The zero-order valence-electron chi connectivity index (χ0n) is 39.8. The molecule has 18 heteroatoms. The van der Waals surface area contributed by atoms with Gasteiger partial charge < -0.3 is 45.8 Å². The molecule has 2 aromatic heterocycles. The van der Waals surface area contributed by atoms with Crippen LogP contribution in [-0.2, 0) is 32.3 Å². The lowest BCUT2D eigenvalue weighted by Crippen LogP contribution is -2.57. The minimum Gasteiger partial charge on any atom is -0.481 e. The van der Waals surface area contributed by atoms with Gasteiger partial charge in [-0.25, -0.2) is 4.98 Å². The molecule has 17 nitrogen and oxygen atoms in total. The maximum Gasteiger partial charge on any atom is 0.246 e. The number of thiazole rings is 1. The normalized spacial score (nSPS) is 17.8. The number of β-amino-alcohol motifs (C(OH)–C–C–N with tert-alkyl or cyclic N) is 1. The smallest absolute Gasteiger partial charge is 0.246 e. The summed E-state index contributed by atoms with van der Waals surface area (Å²) in [6, 6.07) is 14.1. The molecule has 7 rings (SSSR count). The van der Waals surface area contributed by atoms with E-state index in [0.29, 0.717) is 62.6 Å². The number of piperidine rings is 1. The summed E-state index contributed by atoms with van der Waals surface area (Å²) in [5.41, 5.74) is 5.03. The van der Waals surface area contributed by atoms with Gasteiger partial charge in [-0.2, -0.15) is 15.0 Å². The van der Waals surface area contributed by atoms with Crippen molar-refractivity contribution in [2.24, 2.45) is 11.3 Å². The van der Waals surface area contributed by atoms with Gasteiger partial charge in [0.15, 0.2) is 0 Å². The summed E-state index contributed by atoms with van der Waals surface area (Å²) < 4.78 is 5.60. The number of aromatic nitrogens is 4. The molecule has 0 radical (unpaired) electrons. The van der Waals surface area contributed by atoms with Crippen molar-refractivity contribution >= 4 is 52.8 Å². The molecule has 68 heavy (non-hydrogen) atoms. The van der Waals surface area contributed by atoms with Gasteiger partial charge in [0, 0.05) is 71.6 Å². The van der Waals surface area contributed by atoms with Crippen molar-refractivity contribution in [3.63, 3.8) is 0 Å². The lowest BCUT2D eigenvalue weighted by molar-refractivity contribution is -0.144. The Kier molecular flexibility index (Phi) is 16.5. The summed E-state index contributed by atoms with van der Waals surface area (Å²) >= 11 is 1.58. The van der Waals surface area contributed by atoms with Gasteiger partial charge in [0.2, 0.25) is 41.5 Å². The highest BCUT2D eigenvalue weighted by Gasteiger charge is 2.44. The quantitative estimate of drug-likeness (QED) is 0.0754. The van der Waals surface area contributed by atoms with E-state index in [1.807, 2.05) is 93.7 Å². The number of rotatable bonds is 20. The Morgan fingerprint density at radius 1 is 0.985 bits per heavy atom. The number of amides is 4. The monoisotopic (exact) mass is 947 g/mol. The first-order chi connectivity index (χ1) is 32.6. The number of aliphatic hydroxyl groups excluding tert-OH is 1. The van der Waals surface area contributed by atoms with E-state index in [1.165, 1.54) is 4.90 Å². The van der Waals surface area contributed by atoms with Gasteiger partial charge in [-0.05, 0) is 79.2 Å². The molecule has 2 aliphatic heterocycles. The lowest BCUT2D eigenvalue weighted by Gasteiger charge is -2.35. The number of benzene rings is 2. The first-order valence-corrected chi connectivity index (χ1v) is 24.5. The SMILES string of the molecule is C#CCOc1cccc(CNc2nc(N(C)CCC(=O)NC3CC3)nc(N3CCC(CCC(=O)N[C@H](C(=O)N4C[C@H](O)C[C@H]4C(=O)NCc4ccc(-c5scnc5C)cc4)C(C)(C)C)CC3)n2)c1. The van der Waals surface area contributed by atoms with Gasteiger partial charge in [-0.15, -0.1) is 17.8 Å². The third-order valence-corrected chi connectivity index (χ3v) is 13.6. The topological polar surface area (TPSA) is 207 Å². The Morgan fingerprint density at radius 3 is 2.44 bits per heavy atom. The molecule has 2 aromatic carbocycles. The average Bonchev–Trinajstić information content (AvgIpc) is 3.90. The lowest BCUT2D eigenvalue weighted by atomic mass is 9.85. The number of nitrogens with one attached hydrogen (secondary N) is 4. The molecule has 4 aromatic rings. The molecule has 0 bridgehead atoms. The Balaban J connectivity index is 0.924. The van der Waals surface area contributed by atoms with Gasteiger partial charge in [0.1, 0.15) is 24.4 Å². The summed E-state index contributed by atoms with van der Waals surface area (Å²) in [6.45, 7) is 10.3. The highest BCUT2D eigenvalue weighted by Crippen LogP contribution is 2.30. The van der Waals surface area contributed by atoms with Crippen LogP contribution in [0.3, 0.4) is 0 Å². The van der Waals surface area contributed by atoms with E-state index in [4.69, 9.17) is 26.1 Å². The standard InChI is InChI=1S/C50H65N11O6S/c1-7-25-67-39-10-8-9-35(26-39)29-52-47-56-48(59(6)22-21-42(64)54-37-16-17-37)58-49(57-47)60-23-19-33(20-24-60)13-18-41(63)55-44(50(3,4)5)46(66)61-30-38(62)27-40(61)45(65)51-28-34-11-14-36(15-12-34)43-32(2)53-31-68-43/h1,8-12,14-15,26,31,33,37-38,40,44,62H,13,16-25,27-30H2,2-6H3,(H,51,65)(H,54,64)(H,55,63)(H,52,56,57,58)/t38-,40+,44-/m1/s1. The number of nitrogens with zero attached hydrogens (tertiary/aromatic N) is 7. The van der Waals surface area contributed by atoms with E-state index in [-0.39, 0.29) is 68.1 Å². The molecule has 4 amide bonds. The van der Waals surface area contributed by atoms with E-state index in [0.717, 1.165) is 52.9 Å². The Bertz CT molecular complexity index is 2420. The van der Waals surface area contributed by atoms with Crippen molar-refractivity contribution in [2.75, 3.05) is 55.0 Å².